The van der Waals surface area contributed by atoms with E-state index < -0.39 is 4.92 Å². The molecule has 0 bridgehead atoms. The van der Waals surface area contributed by atoms with Crippen LogP contribution in [0.25, 0.3) is 0 Å². The summed E-state index contributed by atoms with van der Waals surface area (Å²) in [4.78, 5) is 17.6. The van der Waals surface area contributed by atoms with E-state index >= 15 is 0 Å². The van der Waals surface area contributed by atoms with Crippen LogP contribution in [0.5, 0.6) is 5.75 Å². The molecule has 2 aromatic rings. The van der Waals surface area contributed by atoms with Crippen molar-refractivity contribution in [3.63, 3.8) is 0 Å². The molecule has 0 aliphatic rings. The first-order valence-electron chi connectivity index (χ1n) is 6.99. The summed E-state index contributed by atoms with van der Waals surface area (Å²) in [6, 6.07) is 7.62. The van der Waals surface area contributed by atoms with Crippen molar-refractivity contribution in [1.29, 1.82) is 0 Å². The summed E-state index contributed by atoms with van der Waals surface area (Å²) in [5.74, 6) is 1.57. The topological polar surface area (TPSA) is 68.5 Å². The van der Waals surface area contributed by atoms with E-state index in [0.717, 1.165) is 27.6 Å². The zero-order valence-electron chi connectivity index (χ0n) is 13.6. The maximum Gasteiger partial charge on any atom is 0.287 e. The third-order valence-electron chi connectivity index (χ3n) is 3.48. The molecule has 0 unspecified atom stereocenters. The van der Waals surface area contributed by atoms with E-state index in [4.69, 9.17) is 4.74 Å². The van der Waals surface area contributed by atoms with Gasteiger partial charge in [0.05, 0.1) is 12.0 Å². The van der Waals surface area contributed by atoms with Gasteiger partial charge in [0.15, 0.2) is 0 Å². The van der Waals surface area contributed by atoms with Gasteiger partial charge in [0.1, 0.15) is 17.8 Å². The average molecular weight is 333 g/mol. The van der Waals surface area contributed by atoms with Crippen LogP contribution >= 0.6 is 11.8 Å². The Bertz CT molecular complexity index is 722. The highest BCUT2D eigenvalue weighted by molar-refractivity contribution is 7.98. The predicted molar refractivity (Wildman–Crippen MR) is 92.5 cm³/mol. The fourth-order valence-corrected chi connectivity index (χ4v) is 2.93. The lowest BCUT2D eigenvalue weighted by Crippen LogP contribution is -2.19. The van der Waals surface area contributed by atoms with E-state index in [2.05, 4.69) is 4.98 Å². The van der Waals surface area contributed by atoms with Gasteiger partial charge in [-0.2, -0.15) is 0 Å². The summed E-state index contributed by atoms with van der Waals surface area (Å²) in [6.07, 6.45) is 3.30. The van der Waals surface area contributed by atoms with Gasteiger partial charge in [-0.25, -0.2) is 4.98 Å². The second kappa shape index (κ2) is 7.32. The Morgan fingerprint density at radius 3 is 2.70 bits per heavy atom. The molecule has 2 rings (SSSR count). The van der Waals surface area contributed by atoms with Crippen molar-refractivity contribution in [2.45, 2.75) is 18.4 Å². The summed E-state index contributed by atoms with van der Waals surface area (Å²) in [7, 11) is 3.57. The molecule has 0 spiro atoms. The molecule has 0 radical (unpaired) electrons. The number of nitrogens with zero attached hydrogens (tertiary/aromatic N) is 3. The molecule has 0 N–H and O–H groups in total. The highest BCUT2D eigenvalue weighted by Gasteiger charge is 2.13. The Kier molecular flexibility index (Phi) is 5.44. The standard InChI is InChI=1S/C16H19N3O3S/c1-11-7-13(19(20)21)9-17-16(11)18(2)10-12-5-6-15(23-4)14(8-12)22-3/h5-9H,10H2,1-4H3. The lowest BCUT2D eigenvalue weighted by Gasteiger charge is -2.20. The highest BCUT2D eigenvalue weighted by atomic mass is 32.2. The number of aromatic nitrogens is 1. The molecular weight excluding hydrogens is 314 g/mol. The predicted octanol–water partition coefficient (Wildman–Crippen LogP) is 3.67. The van der Waals surface area contributed by atoms with Gasteiger partial charge in [0.25, 0.3) is 5.69 Å². The van der Waals surface area contributed by atoms with E-state index in [0.29, 0.717) is 6.54 Å². The van der Waals surface area contributed by atoms with E-state index in [1.165, 1.54) is 12.3 Å². The number of anilines is 1. The Balaban J connectivity index is 2.22. The fraction of sp³-hybridized carbons (Fsp3) is 0.312. The van der Waals surface area contributed by atoms with Crippen LogP contribution in [0.1, 0.15) is 11.1 Å². The van der Waals surface area contributed by atoms with Crippen molar-refractivity contribution in [2.24, 2.45) is 0 Å². The smallest absolute Gasteiger partial charge is 0.287 e. The minimum absolute atomic E-state index is 0.00522. The number of ether oxygens (including phenoxy) is 1. The van der Waals surface area contributed by atoms with Crippen molar-refractivity contribution in [2.75, 3.05) is 25.3 Å². The largest absolute Gasteiger partial charge is 0.496 e. The van der Waals surface area contributed by atoms with Crippen LogP contribution in [0.4, 0.5) is 11.5 Å². The maximum absolute atomic E-state index is 10.8. The molecule has 1 aromatic carbocycles. The van der Waals surface area contributed by atoms with Gasteiger partial charge in [-0.3, -0.25) is 10.1 Å². The Hall–Kier alpha value is -2.28. The summed E-state index contributed by atoms with van der Waals surface area (Å²) < 4.78 is 5.40. The monoisotopic (exact) mass is 333 g/mol. The summed E-state index contributed by atoms with van der Waals surface area (Å²) in [5.41, 5.74) is 1.86. The number of pyridine rings is 1. The highest BCUT2D eigenvalue weighted by Crippen LogP contribution is 2.29. The number of rotatable bonds is 6. The van der Waals surface area contributed by atoms with Crippen molar-refractivity contribution in [1.82, 2.24) is 4.98 Å². The van der Waals surface area contributed by atoms with Gasteiger partial charge in [-0.1, -0.05) is 6.07 Å². The first-order valence-corrected chi connectivity index (χ1v) is 8.21. The number of nitro groups is 1. The number of thioether (sulfide) groups is 1. The number of hydrogen-bond donors (Lipinski definition) is 0. The molecule has 0 aliphatic carbocycles. The first-order chi connectivity index (χ1) is 11.0. The van der Waals surface area contributed by atoms with Crippen LogP contribution in [0.15, 0.2) is 35.4 Å². The second-order valence-electron chi connectivity index (χ2n) is 5.14. The SMILES string of the molecule is COc1cc(CN(C)c2ncc([N+](=O)[O-])cc2C)ccc1SC. The normalized spacial score (nSPS) is 10.4. The maximum atomic E-state index is 10.8. The minimum Gasteiger partial charge on any atom is -0.496 e. The molecule has 122 valence electrons. The average Bonchev–Trinajstić information content (AvgIpc) is 2.54. The number of methoxy groups -OCH3 is 1. The third-order valence-corrected chi connectivity index (χ3v) is 4.25. The van der Waals surface area contributed by atoms with Gasteiger partial charge in [0.2, 0.25) is 0 Å². The van der Waals surface area contributed by atoms with Crippen molar-refractivity contribution < 1.29 is 9.66 Å². The van der Waals surface area contributed by atoms with Crippen LogP contribution in [0.3, 0.4) is 0 Å². The molecule has 6 nitrogen and oxygen atoms in total. The van der Waals surface area contributed by atoms with Gasteiger partial charge >= 0.3 is 0 Å². The number of aryl methyl sites for hydroxylation is 1. The minimum atomic E-state index is -0.435. The quantitative estimate of drug-likeness (QED) is 0.456. The van der Waals surface area contributed by atoms with Crippen LogP contribution in [0, 0.1) is 17.0 Å². The summed E-state index contributed by atoms with van der Waals surface area (Å²) in [5, 5.41) is 10.8. The van der Waals surface area contributed by atoms with Gasteiger partial charge in [-0.05, 0) is 36.4 Å². The number of hydrogen-bond acceptors (Lipinski definition) is 6. The Labute approximate surface area is 139 Å². The summed E-state index contributed by atoms with van der Waals surface area (Å²) in [6.45, 7) is 2.46. The molecule has 1 aromatic heterocycles. The molecule has 0 aliphatic heterocycles. The molecular formula is C16H19N3O3S. The van der Waals surface area contributed by atoms with Gasteiger partial charge in [0, 0.05) is 24.6 Å². The Morgan fingerprint density at radius 1 is 1.39 bits per heavy atom. The van der Waals surface area contributed by atoms with Gasteiger partial charge < -0.3 is 9.64 Å². The van der Waals surface area contributed by atoms with Crippen LogP contribution in [0.2, 0.25) is 0 Å². The summed E-state index contributed by atoms with van der Waals surface area (Å²) >= 11 is 1.64. The van der Waals surface area contributed by atoms with Crippen molar-refractivity contribution >= 4 is 23.3 Å². The molecule has 7 heteroatoms. The van der Waals surface area contributed by atoms with Crippen molar-refractivity contribution in [3.8, 4) is 5.75 Å². The van der Waals surface area contributed by atoms with Crippen molar-refractivity contribution in [3.05, 3.63) is 51.7 Å². The zero-order valence-corrected chi connectivity index (χ0v) is 14.4. The molecule has 0 atom stereocenters. The van der Waals surface area contributed by atoms with E-state index in [1.807, 2.05) is 43.3 Å². The lowest BCUT2D eigenvalue weighted by molar-refractivity contribution is -0.385. The molecule has 23 heavy (non-hydrogen) atoms. The van der Waals surface area contributed by atoms with E-state index in [1.54, 1.807) is 18.9 Å². The van der Waals surface area contributed by atoms with Crippen LogP contribution < -0.4 is 9.64 Å². The van der Waals surface area contributed by atoms with Crippen LogP contribution in [-0.4, -0.2) is 30.3 Å². The zero-order chi connectivity index (χ0) is 17.0. The molecule has 1 heterocycles. The number of benzene rings is 1. The Morgan fingerprint density at radius 2 is 2.13 bits per heavy atom. The van der Waals surface area contributed by atoms with Crippen LogP contribution in [-0.2, 0) is 6.54 Å². The molecule has 0 saturated carbocycles. The van der Waals surface area contributed by atoms with E-state index in [-0.39, 0.29) is 5.69 Å². The van der Waals surface area contributed by atoms with E-state index in [9.17, 15) is 10.1 Å². The lowest BCUT2D eigenvalue weighted by atomic mass is 10.2. The molecule has 0 saturated heterocycles. The third kappa shape index (κ3) is 3.92. The molecule has 0 fully saturated rings. The second-order valence-corrected chi connectivity index (χ2v) is 5.98. The molecule has 0 amide bonds. The first kappa shape index (κ1) is 17.1. The fourth-order valence-electron chi connectivity index (χ4n) is 2.38. The van der Waals surface area contributed by atoms with Gasteiger partial charge in [-0.15, -0.1) is 11.8 Å².